The predicted molar refractivity (Wildman–Crippen MR) is 78.3 cm³/mol. The van der Waals surface area contributed by atoms with Crippen LogP contribution in [0, 0.1) is 0 Å². The first-order chi connectivity index (χ1) is 10.0. The summed E-state index contributed by atoms with van der Waals surface area (Å²) in [5, 5.41) is 9.90. The zero-order valence-corrected chi connectivity index (χ0v) is 12.9. The van der Waals surface area contributed by atoms with Gasteiger partial charge in [0, 0.05) is 13.1 Å². The Morgan fingerprint density at radius 1 is 1.33 bits per heavy atom. The standard InChI is InChI=1S/C15H21NO4S/c1-2-15(17)11-4-3-5-14(8-11)21(18,19)16-9-12-6-7-13(10-16)20-12/h3-5,8,12-13,15,17H,2,6-7,9-10H2,1H3. The zero-order valence-electron chi connectivity index (χ0n) is 12.1. The molecular formula is C15H21NO4S. The van der Waals surface area contributed by atoms with Gasteiger partial charge in [-0.2, -0.15) is 4.31 Å². The van der Waals surface area contributed by atoms with Crippen molar-refractivity contribution in [2.45, 2.75) is 49.4 Å². The van der Waals surface area contributed by atoms with Gasteiger partial charge in [-0.3, -0.25) is 0 Å². The molecule has 0 aliphatic carbocycles. The second-order valence-electron chi connectivity index (χ2n) is 5.78. The summed E-state index contributed by atoms with van der Waals surface area (Å²) in [4.78, 5) is 0.258. The van der Waals surface area contributed by atoms with E-state index >= 15 is 0 Å². The van der Waals surface area contributed by atoms with Crippen molar-refractivity contribution in [2.75, 3.05) is 13.1 Å². The average Bonchev–Trinajstić information content (AvgIpc) is 2.84. The highest BCUT2D eigenvalue weighted by Gasteiger charge is 2.39. The zero-order chi connectivity index (χ0) is 15.0. The minimum Gasteiger partial charge on any atom is -0.388 e. The van der Waals surface area contributed by atoms with Gasteiger partial charge in [0.25, 0.3) is 0 Å². The van der Waals surface area contributed by atoms with Gasteiger partial charge in [0.05, 0.1) is 23.2 Å². The van der Waals surface area contributed by atoms with Crippen LogP contribution in [0.4, 0.5) is 0 Å². The van der Waals surface area contributed by atoms with Crippen molar-refractivity contribution in [2.24, 2.45) is 0 Å². The lowest BCUT2D eigenvalue weighted by atomic mass is 10.1. The number of benzene rings is 1. The molecule has 2 aliphatic heterocycles. The Hall–Kier alpha value is -0.950. The molecule has 0 aromatic heterocycles. The van der Waals surface area contributed by atoms with E-state index in [0.29, 0.717) is 25.1 Å². The summed E-state index contributed by atoms with van der Waals surface area (Å²) >= 11 is 0. The van der Waals surface area contributed by atoms with Gasteiger partial charge in [0.2, 0.25) is 10.0 Å². The highest BCUT2D eigenvalue weighted by atomic mass is 32.2. The van der Waals surface area contributed by atoms with Crippen molar-refractivity contribution in [3.63, 3.8) is 0 Å². The molecule has 3 rings (SSSR count). The third kappa shape index (κ3) is 2.85. The van der Waals surface area contributed by atoms with E-state index in [1.807, 2.05) is 6.92 Å². The summed E-state index contributed by atoms with van der Waals surface area (Å²) in [6.07, 6.45) is 1.87. The smallest absolute Gasteiger partial charge is 0.243 e. The Labute approximate surface area is 125 Å². The summed E-state index contributed by atoms with van der Waals surface area (Å²) in [5.41, 5.74) is 0.648. The fourth-order valence-electron chi connectivity index (χ4n) is 3.04. The molecule has 3 unspecified atom stereocenters. The number of rotatable bonds is 4. The van der Waals surface area contributed by atoms with Crippen LogP contribution >= 0.6 is 0 Å². The lowest BCUT2D eigenvalue weighted by molar-refractivity contribution is -0.0114. The SMILES string of the molecule is CCC(O)c1cccc(S(=O)(=O)N2CC3CCC(C2)O3)c1. The van der Waals surface area contributed by atoms with Crippen LogP contribution in [-0.2, 0) is 14.8 Å². The van der Waals surface area contributed by atoms with Crippen LogP contribution in [0.5, 0.6) is 0 Å². The molecule has 2 fully saturated rings. The van der Waals surface area contributed by atoms with E-state index < -0.39 is 16.1 Å². The minimum absolute atomic E-state index is 0.0305. The van der Waals surface area contributed by atoms with E-state index in [4.69, 9.17) is 4.74 Å². The summed E-state index contributed by atoms with van der Waals surface area (Å²) in [6.45, 7) is 2.73. The van der Waals surface area contributed by atoms with E-state index in [1.165, 1.54) is 4.31 Å². The number of hydrogen-bond donors (Lipinski definition) is 1. The quantitative estimate of drug-likeness (QED) is 0.919. The molecular weight excluding hydrogens is 290 g/mol. The van der Waals surface area contributed by atoms with Crippen molar-refractivity contribution in [1.82, 2.24) is 4.31 Å². The van der Waals surface area contributed by atoms with Crippen molar-refractivity contribution >= 4 is 10.0 Å². The molecule has 0 spiro atoms. The topological polar surface area (TPSA) is 66.8 Å². The Morgan fingerprint density at radius 3 is 2.62 bits per heavy atom. The molecule has 2 heterocycles. The number of ether oxygens (including phenoxy) is 1. The van der Waals surface area contributed by atoms with Crippen LogP contribution < -0.4 is 0 Å². The molecule has 5 nitrogen and oxygen atoms in total. The molecule has 2 saturated heterocycles. The van der Waals surface area contributed by atoms with Crippen molar-refractivity contribution in [3.8, 4) is 0 Å². The highest BCUT2D eigenvalue weighted by Crippen LogP contribution is 2.30. The monoisotopic (exact) mass is 311 g/mol. The fourth-order valence-corrected chi connectivity index (χ4v) is 4.60. The van der Waals surface area contributed by atoms with Crippen molar-refractivity contribution in [3.05, 3.63) is 29.8 Å². The van der Waals surface area contributed by atoms with Crippen LogP contribution in [0.3, 0.4) is 0 Å². The number of nitrogens with zero attached hydrogens (tertiary/aromatic N) is 1. The van der Waals surface area contributed by atoms with E-state index in [0.717, 1.165) is 12.8 Å². The Balaban J connectivity index is 1.88. The van der Waals surface area contributed by atoms with Gasteiger partial charge in [0.15, 0.2) is 0 Å². The van der Waals surface area contributed by atoms with Gasteiger partial charge in [-0.05, 0) is 37.0 Å². The van der Waals surface area contributed by atoms with Crippen LogP contribution in [0.25, 0.3) is 0 Å². The van der Waals surface area contributed by atoms with Gasteiger partial charge in [-0.1, -0.05) is 19.1 Å². The largest absolute Gasteiger partial charge is 0.388 e. The van der Waals surface area contributed by atoms with Crippen LogP contribution in [0.15, 0.2) is 29.2 Å². The maximum atomic E-state index is 12.8. The second kappa shape index (κ2) is 5.68. The van der Waals surface area contributed by atoms with Gasteiger partial charge in [-0.15, -0.1) is 0 Å². The van der Waals surface area contributed by atoms with Crippen LogP contribution in [0.1, 0.15) is 37.9 Å². The van der Waals surface area contributed by atoms with Crippen LogP contribution in [0.2, 0.25) is 0 Å². The lowest BCUT2D eigenvalue weighted by Gasteiger charge is -2.31. The number of sulfonamides is 1. The number of hydrogen-bond acceptors (Lipinski definition) is 4. The molecule has 3 atom stereocenters. The number of aliphatic hydroxyl groups is 1. The lowest BCUT2D eigenvalue weighted by Crippen LogP contribution is -2.45. The molecule has 0 saturated carbocycles. The molecule has 1 aromatic rings. The molecule has 0 amide bonds. The summed E-state index contributed by atoms with van der Waals surface area (Å²) in [5.74, 6) is 0. The highest BCUT2D eigenvalue weighted by molar-refractivity contribution is 7.89. The minimum atomic E-state index is -3.51. The Morgan fingerprint density at radius 2 is 2.00 bits per heavy atom. The van der Waals surface area contributed by atoms with E-state index in [9.17, 15) is 13.5 Å². The fraction of sp³-hybridized carbons (Fsp3) is 0.600. The van der Waals surface area contributed by atoms with Gasteiger partial charge >= 0.3 is 0 Å². The van der Waals surface area contributed by atoms with Gasteiger partial charge < -0.3 is 9.84 Å². The predicted octanol–water partition coefficient (Wildman–Crippen LogP) is 1.68. The van der Waals surface area contributed by atoms with Crippen molar-refractivity contribution in [1.29, 1.82) is 0 Å². The molecule has 0 radical (unpaired) electrons. The van der Waals surface area contributed by atoms with Crippen molar-refractivity contribution < 1.29 is 18.3 Å². The first-order valence-corrected chi connectivity index (χ1v) is 8.88. The third-order valence-corrected chi connectivity index (χ3v) is 6.11. The molecule has 2 bridgehead atoms. The third-order valence-electron chi connectivity index (χ3n) is 4.28. The molecule has 6 heteroatoms. The molecule has 2 aliphatic rings. The number of aliphatic hydroxyl groups excluding tert-OH is 1. The first-order valence-electron chi connectivity index (χ1n) is 7.44. The Bertz CT molecular complexity index is 604. The average molecular weight is 311 g/mol. The first kappa shape index (κ1) is 15.0. The van der Waals surface area contributed by atoms with E-state index in [1.54, 1.807) is 24.3 Å². The number of fused-ring (bicyclic) bond motifs is 2. The summed E-state index contributed by atoms with van der Waals surface area (Å²) < 4.78 is 32.7. The van der Waals surface area contributed by atoms with Crippen LogP contribution in [-0.4, -0.2) is 43.1 Å². The van der Waals surface area contributed by atoms with Gasteiger partial charge in [-0.25, -0.2) is 8.42 Å². The van der Waals surface area contributed by atoms with E-state index in [-0.39, 0.29) is 17.1 Å². The van der Waals surface area contributed by atoms with E-state index in [2.05, 4.69) is 0 Å². The number of morpholine rings is 1. The summed E-state index contributed by atoms with van der Waals surface area (Å²) in [6, 6.07) is 6.63. The second-order valence-corrected chi connectivity index (χ2v) is 7.71. The summed E-state index contributed by atoms with van der Waals surface area (Å²) in [7, 11) is -3.51. The maximum Gasteiger partial charge on any atom is 0.243 e. The Kier molecular flexibility index (Phi) is 4.05. The normalized spacial score (nSPS) is 27.7. The molecule has 1 N–H and O–H groups in total. The molecule has 116 valence electrons. The van der Waals surface area contributed by atoms with Gasteiger partial charge in [0.1, 0.15) is 0 Å². The maximum absolute atomic E-state index is 12.8. The molecule has 21 heavy (non-hydrogen) atoms. The molecule has 1 aromatic carbocycles.